The summed E-state index contributed by atoms with van der Waals surface area (Å²) in [4.78, 5) is 30.0. The van der Waals surface area contributed by atoms with Crippen LogP contribution in [0.25, 0.3) is 21.5 Å². The van der Waals surface area contributed by atoms with Crippen molar-refractivity contribution in [2.45, 2.75) is 40.8 Å². The first kappa shape index (κ1) is 20.9. The Morgan fingerprint density at radius 3 is 2.45 bits per heavy atom. The van der Waals surface area contributed by atoms with Gasteiger partial charge in [-0.2, -0.15) is 5.10 Å². The van der Waals surface area contributed by atoms with Crippen LogP contribution in [0.4, 0.5) is 0 Å². The predicted octanol–water partition coefficient (Wildman–Crippen LogP) is 4.07. The Hall–Kier alpha value is -3.32. The molecule has 0 atom stereocenters. The zero-order valence-corrected chi connectivity index (χ0v) is 18.8. The van der Waals surface area contributed by atoms with Gasteiger partial charge in [-0.05, 0) is 38.8 Å². The highest BCUT2D eigenvalue weighted by molar-refractivity contribution is 7.19. The van der Waals surface area contributed by atoms with Crippen LogP contribution in [0, 0.1) is 27.7 Å². The number of carbonyl (C=O) groups is 1. The Kier molecular flexibility index (Phi) is 5.69. The van der Waals surface area contributed by atoms with Gasteiger partial charge in [0.2, 0.25) is 5.91 Å². The lowest BCUT2D eigenvalue weighted by Crippen LogP contribution is -2.33. The van der Waals surface area contributed by atoms with Gasteiger partial charge in [-0.25, -0.2) is 9.67 Å². The van der Waals surface area contributed by atoms with Crippen molar-refractivity contribution < 1.29 is 4.79 Å². The van der Waals surface area contributed by atoms with Crippen LogP contribution in [0.3, 0.4) is 0 Å². The van der Waals surface area contributed by atoms with E-state index in [2.05, 4.69) is 21.5 Å². The molecule has 4 rings (SSSR count). The van der Waals surface area contributed by atoms with E-state index in [1.165, 1.54) is 16.0 Å². The topological polar surface area (TPSA) is 76.9 Å². The average molecular weight is 433 g/mol. The van der Waals surface area contributed by atoms with E-state index in [-0.39, 0.29) is 18.0 Å². The number of thiazole rings is 1. The van der Waals surface area contributed by atoms with E-state index in [1.807, 2.05) is 64.1 Å². The molecule has 0 aliphatic carbocycles. The van der Waals surface area contributed by atoms with Crippen LogP contribution in [0.2, 0.25) is 0 Å². The molecular formula is C24H24N4O2S. The number of nitrogens with zero attached hydrogens (tertiary/aromatic N) is 3. The highest BCUT2D eigenvalue weighted by atomic mass is 32.1. The maximum atomic E-state index is 13.0. The second-order valence-electron chi connectivity index (χ2n) is 7.80. The molecular weight excluding hydrogens is 408 g/mol. The van der Waals surface area contributed by atoms with E-state index in [1.54, 1.807) is 0 Å². The maximum Gasteiger partial charge on any atom is 0.294 e. The van der Waals surface area contributed by atoms with Crippen LogP contribution in [0.15, 0.2) is 47.3 Å². The standard InChI is InChI=1S/C24H24N4O2S/c1-14-5-8-18(9-6-14)12-25-20(29)13-28-24(30)22-23(31-17(4)26-22)21(27-28)19-10-7-15(2)11-16(19)3/h5-11H,12-13H2,1-4H3,(H,25,29). The molecule has 0 unspecified atom stereocenters. The third-order valence-electron chi connectivity index (χ3n) is 5.15. The Balaban J connectivity index is 1.67. The Morgan fingerprint density at radius 1 is 1.03 bits per heavy atom. The van der Waals surface area contributed by atoms with Gasteiger partial charge in [0.15, 0.2) is 5.52 Å². The summed E-state index contributed by atoms with van der Waals surface area (Å²) in [6.07, 6.45) is 0. The number of hydrogen-bond acceptors (Lipinski definition) is 5. The number of rotatable bonds is 5. The maximum absolute atomic E-state index is 13.0. The minimum atomic E-state index is -0.349. The molecule has 1 N–H and O–H groups in total. The molecule has 0 bridgehead atoms. The first-order chi connectivity index (χ1) is 14.8. The van der Waals surface area contributed by atoms with Gasteiger partial charge in [0, 0.05) is 12.1 Å². The fraction of sp³-hybridized carbons (Fsp3) is 0.250. The number of aryl methyl sites for hydroxylation is 4. The minimum absolute atomic E-state index is 0.158. The number of aromatic nitrogens is 3. The lowest BCUT2D eigenvalue weighted by Gasteiger charge is -2.11. The number of fused-ring (bicyclic) bond motifs is 1. The normalized spacial score (nSPS) is 11.1. The van der Waals surface area contributed by atoms with Gasteiger partial charge in [0.1, 0.15) is 12.2 Å². The molecule has 0 aliphatic rings. The lowest BCUT2D eigenvalue weighted by atomic mass is 10.0. The van der Waals surface area contributed by atoms with Gasteiger partial charge in [-0.1, -0.05) is 53.6 Å². The van der Waals surface area contributed by atoms with E-state index in [0.29, 0.717) is 17.8 Å². The molecule has 0 fully saturated rings. The summed E-state index contributed by atoms with van der Waals surface area (Å²) in [7, 11) is 0. The molecule has 4 aromatic rings. The summed E-state index contributed by atoms with van der Waals surface area (Å²) in [5, 5.41) is 8.26. The monoisotopic (exact) mass is 432 g/mol. The van der Waals surface area contributed by atoms with Crippen molar-refractivity contribution in [1.29, 1.82) is 0 Å². The number of hydrogen-bond donors (Lipinski definition) is 1. The molecule has 2 heterocycles. The Labute approximate surface area is 184 Å². The van der Waals surface area contributed by atoms with E-state index in [9.17, 15) is 9.59 Å². The van der Waals surface area contributed by atoms with Gasteiger partial charge in [0.05, 0.1) is 9.71 Å². The van der Waals surface area contributed by atoms with Crippen molar-refractivity contribution in [2.75, 3.05) is 0 Å². The highest BCUT2D eigenvalue weighted by Gasteiger charge is 2.19. The highest BCUT2D eigenvalue weighted by Crippen LogP contribution is 2.31. The van der Waals surface area contributed by atoms with Gasteiger partial charge in [-0.3, -0.25) is 9.59 Å². The van der Waals surface area contributed by atoms with E-state index >= 15 is 0 Å². The van der Waals surface area contributed by atoms with Crippen LogP contribution in [0.5, 0.6) is 0 Å². The van der Waals surface area contributed by atoms with Gasteiger partial charge >= 0.3 is 0 Å². The first-order valence-corrected chi connectivity index (χ1v) is 10.9. The zero-order chi connectivity index (χ0) is 22.1. The largest absolute Gasteiger partial charge is 0.350 e. The summed E-state index contributed by atoms with van der Waals surface area (Å²) >= 11 is 1.45. The van der Waals surface area contributed by atoms with Crippen molar-refractivity contribution in [3.8, 4) is 11.3 Å². The molecule has 6 nitrogen and oxygen atoms in total. The molecule has 31 heavy (non-hydrogen) atoms. The average Bonchev–Trinajstić information content (AvgIpc) is 3.12. The molecule has 0 spiro atoms. The molecule has 0 radical (unpaired) electrons. The zero-order valence-electron chi connectivity index (χ0n) is 18.0. The van der Waals surface area contributed by atoms with Crippen LogP contribution in [-0.4, -0.2) is 20.7 Å². The molecule has 158 valence electrons. The fourth-order valence-electron chi connectivity index (χ4n) is 3.53. The fourth-order valence-corrected chi connectivity index (χ4v) is 4.44. The number of nitrogens with one attached hydrogen (secondary N) is 1. The van der Waals surface area contributed by atoms with Crippen LogP contribution >= 0.6 is 11.3 Å². The summed E-state index contributed by atoms with van der Waals surface area (Å²) in [6.45, 7) is 8.19. The SMILES string of the molecule is Cc1ccc(CNC(=O)Cn2nc(-c3ccc(C)cc3C)c3sc(C)nc3c2=O)cc1. The summed E-state index contributed by atoms with van der Waals surface area (Å²) < 4.78 is 1.98. The quantitative estimate of drug-likeness (QED) is 0.516. The third kappa shape index (κ3) is 4.41. The van der Waals surface area contributed by atoms with Gasteiger partial charge in [-0.15, -0.1) is 11.3 Å². The molecule has 1 amide bonds. The molecule has 2 aromatic heterocycles. The summed E-state index contributed by atoms with van der Waals surface area (Å²) in [6, 6.07) is 14.1. The first-order valence-electron chi connectivity index (χ1n) is 10.1. The van der Waals surface area contributed by atoms with E-state index in [4.69, 9.17) is 0 Å². The second-order valence-corrected chi connectivity index (χ2v) is 9.01. The third-order valence-corrected chi connectivity index (χ3v) is 6.13. The van der Waals surface area contributed by atoms with E-state index in [0.717, 1.165) is 37.5 Å². The Bertz CT molecular complexity index is 1340. The number of amides is 1. The van der Waals surface area contributed by atoms with Crippen molar-refractivity contribution in [1.82, 2.24) is 20.1 Å². The number of carbonyl (C=O) groups excluding carboxylic acids is 1. The lowest BCUT2D eigenvalue weighted by molar-refractivity contribution is -0.122. The van der Waals surface area contributed by atoms with Crippen molar-refractivity contribution >= 4 is 27.5 Å². The molecule has 0 saturated heterocycles. The van der Waals surface area contributed by atoms with E-state index < -0.39 is 0 Å². The molecule has 7 heteroatoms. The van der Waals surface area contributed by atoms with Gasteiger partial charge < -0.3 is 5.32 Å². The summed E-state index contributed by atoms with van der Waals surface area (Å²) in [5.41, 5.74) is 6.02. The second kappa shape index (κ2) is 8.43. The van der Waals surface area contributed by atoms with Crippen molar-refractivity contribution in [3.63, 3.8) is 0 Å². The van der Waals surface area contributed by atoms with Crippen molar-refractivity contribution in [3.05, 3.63) is 80.1 Å². The molecule has 0 aliphatic heterocycles. The van der Waals surface area contributed by atoms with Crippen LogP contribution < -0.4 is 10.9 Å². The minimum Gasteiger partial charge on any atom is -0.350 e. The predicted molar refractivity (Wildman–Crippen MR) is 124 cm³/mol. The molecule has 0 saturated carbocycles. The number of benzene rings is 2. The smallest absolute Gasteiger partial charge is 0.294 e. The van der Waals surface area contributed by atoms with Crippen molar-refractivity contribution in [2.24, 2.45) is 0 Å². The Morgan fingerprint density at radius 2 is 1.74 bits per heavy atom. The van der Waals surface area contributed by atoms with Gasteiger partial charge in [0.25, 0.3) is 5.56 Å². The molecule has 2 aromatic carbocycles. The van der Waals surface area contributed by atoms with Crippen LogP contribution in [-0.2, 0) is 17.9 Å². The summed E-state index contributed by atoms with van der Waals surface area (Å²) in [5.74, 6) is -0.270. The van der Waals surface area contributed by atoms with Crippen LogP contribution in [0.1, 0.15) is 27.3 Å².